The fourth-order valence-electron chi connectivity index (χ4n) is 4.44. The van der Waals surface area contributed by atoms with E-state index in [9.17, 15) is 4.79 Å². The van der Waals surface area contributed by atoms with Crippen molar-refractivity contribution >= 4 is 5.97 Å². The van der Waals surface area contributed by atoms with Gasteiger partial charge in [-0.15, -0.1) is 0 Å². The van der Waals surface area contributed by atoms with Crippen LogP contribution in [0.15, 0.2) is 24.3 Å². The van der Waals surface area contributed by atoms with Crippen LogP contribution in [0, 0.1) is 17.3 Å². The smallest absolute Gasteiger partial charge is 0.341 e. The Kier molecular flexibility index (Phi) is 8.19. The highest BCUT2D eigenvalue weighted by molar-refractivity contribution is 5.92. The number of carbonyl (C=O) groups excluding carboxylic acids is 1. The summed E-state index contributed by atoms with van der Waals surface area (Å²) in [6, 6.07) is 7.53. The number of unbranched alkanes of at least 4 members (excludes halogenated alkanes) is 1. The summed E-state index contributed by atoms with van der Waals surface area (Å²) in [7, 11) is 0. The third kappa shape index (κ3) is 6.86. The summed E-state index contributed by atoms with van der Waals surface area (Å²) >= 11 is 0. The Bertz CT molecular complexity index is 593. The molecule has 27 heavy (non-hydrogen) atoms. The van der Waals surface area contributed by atoms with Crippen molar-refractivity contribution in [3.05, 3.63) is 29.8 Å². The molecule has 1 saturated carbocycles. The van der Waals surface area contributed by atoms with E-state index in [0.29, 0.717) is 29.8 Å². The van der Waals surface area contributed by atoms with E-state index < -0.39 is 0 Å². The van der Waals surface area contributed by atoms with Crippen LogP contribution in [0.25, 0.3) is 0 Å². The van der Waals surface area contributed by atoms with Crippen molar-refractivity contribution in [1.29, 1.82) is 0 Å². The molecule has 3 nitrogen and oxygen atoms in total. The lowest BCUT2D eigenvalue weighted by Crippen LogP contribution is -2.34. The van der Waals surface area contributed by atoms with Crippen molar-refractivity contribution in [2.75, 3.05) is 6.61 Å². The first-order chi connectivity index (χ1) is 12.8. The molecule has 0 aliphatic heterocycles. The van der Waals surface area contributed by atoms with E-state index in [1.807, 2.05) is 24.3 Å². The predicted octanol–water partition coefficient (Wildman–Crippen LogP) is 6.65. The predicted molar refractivity (Wildman–Crippen MR) is 111 cm³/mol. The highest BCUT2D eigenvalue weighted by Crippen LogP contribution is 2.40. The van der Waals surface area contributed by atoms with E-state index in [4.69, 9.17) is 9.47 Å². The highest BCUT2D eigenvalue weighted by atomic mass is 16.5. The number of benzene rings is 1. The topological polar surface area (TPSA) is 35.5 Å². The Balaban J connectivity index is 2.01. The lowest BCUT2D eigenvalue weighted by atomic mass is 9.71. The average molecular weight is 375 g/mol. The van der Waals surface area contributed by atoms with Crippen molar-refractivity contribution in [1.82, 2.24) is 0 Å². The van der Waals surface area contributed by atoms with Gasteiger partial charge in [0.05, 0.1) is 12.7 Å². The molecule has 0 saturated heterocycles. The van der Waals surface area contributed by atoms with Crippen molar-refractivity contribution in [3.8, 4) is 5.75 Å². The first-order valence-electron chi connectivity index (χ1n) is 10.8. The third-order valence-corrected chi connectivity index (χ3v) is 5.74. The van der Waals surface area contributed by atoms with Crippen molar-refractivity contribution < 1.29 is 14.3 Å². The van der Waals surface area contributed by atoms with Crippen molar-refractivity contribution in [3.63, 3.8) is 0 Å². The van der Waals surface area contributed by atoms with Crippen LogP contribution in [-0.2, 0) is 4.74 Å². The fourth-order valence-corrected chi connectivity index (χ4v) is 4.44. The van der Waals surface area contributed by atoms with E-state index in [0.717, 1.165) is 25.7 Å². The maximum Gasteiger partial charge on any atom is 0.341 e. The highest BCUT2D eigenvalue weighted by Gasteiger charge is 2.33. The Morgan fingerprint density at radius 3 is 2.63 bits per heavy atom. The zero-order valence-corrected chi connectivity index (χ0v) is 17.9. The van der Waals surface area contributed by atoms with Crippen LogP contribution in [-0.4, -0.2) is 18.7 Å². The summed E-state index contributed by atoms with van der Waals surface area (Å²) in [5, 5.41) is 0. The van der Waals surface area contributed by atoms with E-state index in [-0.39, 0.29) is 17.5 Å². The zero-order valence-electron chi connectivity index (χ0n) is 17.9. The van der Waals surface area contributed by atoms with Gasteiger partial charge in [-0.2, -0.15) is 0 Å². The Morgan fingerprint density at radius 2 is 1.96 bits per heavy atom. The number of hydrogen-bond acceptors (Lipinski definition) is 3. The summed E-state index contributed by atoms with van der Waals surface area (Å²) in [5.74, 6) is 1.49. The second-order valence-electron chi connectivity index (χ2n) is 9.16. The summed E-state index contributed by atoms with van der Waals surface area (Å²) in [6.07, 6.45) is 7.98. The van der Waals surface area contributed by atoms with Crippen LogP contribution in [0.3, 0.4) is 0 Å². The molecule has 0 spiro atoms. The number of carbonyl (C=O) groups is 1. The van der Waals surface area contributed by atoms with Crippen LogP contribution in [0.5, 0.6) is 5.75 Å². The van der Waals surface area contributed by atoms with E-state index in [1.54, 1.807) is 0 Å². The molecule has 0 bridgehead atoms. The van der Waals surface area contributed by atoms with Gasteiger partial charge in [0.2, 0.25) is 0 Å². The molecule has 3 atom stereocenters. The molecule has 1 aromatic rings. The van der Waals surface area contributed by atoms with Gasteiger partial charge in [-0.3, -0.25) is 0 Å². The molecule has 3 unspecified atom stereocenters. The number of hydrogen-bond donors (Lipinski definition) is 0. The molecule has 1 aliphatic carbocycles. The van der Waals surface area contributed by atoms with E-state index >= 15 is 0 Å². The van der Waals surface area contributed by atoms with Gasteiger partial charge in [0, 0.05) is 0 Å². The summed E-state index contributed by atoms with van der Waals surface area (Å²) < 4.78 is 12.0. The molecule has 0 heterocycles. The average Bonchev–Trinajstić information content (AvgIpc) is 2.60. The minimum Gasteiger partial charge on any atom is -0.489 e. The quantitative estimate of drug-likeness (QED) is 0.454. The molecule has 0 radical (unpaired) electrons. The van der Waals surface area contributed by atoms with Crippen LogP contribution in [0.4, 0.5) is 0 Å². The Labute approximate surface area is 165 Å². The molecule has 1 fully saturated rings. The SMILES string of the molecule is CCCCC(CC)COC(=O)c1ccccc1OC1CC(C)CC(C)(C)C1. The van der Waals surface area contributed by atoms with Crippen LogP contribution in [0.1, 0.15) is 89.9 Å². The molecule has 152 valence electrons. The lowest BCUT2D eigenvalue weighted by molar-refractivity contribution is 0.0394. The standard InChI is InChI=1S/C24H38O3/c1-6-8-11-19(7-2)17-26-23(25)21-12-9-10-13-22(21)27-20-14-18(3)15-24(4,5)16-20/h9-10,12-13,18-20H,6-8,11,14-17H2,1-5H3. The fraction of sp³-hybridized carbons (Fsp3) is 0.708. The Hall–Kier alpha value is -1.51. The molecule has 0 N–H and O–H groups in total. The normalized spacial score (nSPS) is 22.9. The largest absolute Gasteiger partial charge is 0.489 e. The molecule has 1 aromatic carbocycles. The summed E-state index contributed by atoms with van der Waals surface area (Å²) in [4.78, 5) is 12.7. The van der Waals surface area contributed by atoms with Gasteiger partial charge in [-0.1, -0.05) is 66.0 Å². The first kappa shape index (κ1) is 21.8. The monoisotopic (exact) mass is 374 g/mol. The number of para-hydroxylation sites is 1. The first-order valence-corrected chi connectivity index (χ1v) is 10.8. The van der Waals surface area contributed by atoms with Crippen molar-refractivity contribution in [2.24, 2.45) is 17.3 Å². The van der Waals surface area contributed by atoms with E-state index in [1.165, 1.54) is 19.3 Å². The van der Waals surface area contributed by atoms with Crippen LogP contribution >= 0.6 is 0 Å². The third-order valence-electron chi connectivity index (χ3n) is 5.74. The molecular weight excluding hydrogens is 336 g/mol. The van der Waals surface area contributed by atoms with E-state index in [2.05, 4.69) is 34.6 Å². The number of esters is 1. The maximum atomic E-state index is 12.7. The second-order valence-corrected chi connectivity index (χ2v) is 9.16. The van der Waals surface area contributed by atoms with Gasteiger partial charge in [-0.05, 0) is 55.1 Å². The molecule has 3 heteroatoms. The zero-order chi connectivity index (χ0) is 19.9. The minimum absolute atomic E-state index is 0.158. The maximum absolute atomic E-state index is 12.7. The Morgan fingerprint density at radius 1 is 1.22 bits per heavy atom. The number of ether oxygens (including phenoxy) is 2. The van der Waals surface area contributed by atoms with Gasteiger partial charge in [-0.25, -0.2) is 4.79 Å². The molecule has 2 rings (SSSR count). The van der Waals surface area contributed by atoms with Gasteiger partial charge in [0.15, 0.2) is 0 Å². The molecule has 1 aliphatic rings. The van der Waals surface area contributed by atoms with Crippen LogP contribution in [0.2, 0.25) is 0 Å². The van der Waals surface area contributed by atoms with Gasteiger partial charge in [0.1, 0.15) is 11.3 Å². The van der Waals surface area contributed by atoms with Gasteiger partial charge in [0.25, 0.3) is 0 Å². The lowest BCUT2D eigenvalue weighted by Gasteiger charge is -2.39. The minimum atomic E-state index is -0.260. The molecular formula is C24H38O3. The van der Waals surface area contributed by atoms with Crippen molar-refractivity contribution in [2.45, 2.75) is 85.7 Å². The summed E-state index contributed by atoms with van der Waals surface area (Å²) in [5.41, 5.74) is 0.838. The van der Waals surface area contributed by atoms with Gasteiger partial charge >= 0.3 is 5.97 Å². The molecule has 0 amide bonds. The second kappa shape index (κ2) is 10.1. The van der Waals surface area contributed by atoms with Crippen LogP contribution < -0.4 is 4.74 Å². The summed E-state index contributed by atoms with van der Waals surface area (Å²) in [6.45, 7) is 11.8. The molecule has 0 aromatic heterocycles. The van der Waals surface area contributed by atoms with Gasteiger partial charge < -0.3 is 9.47 Å². The number of rotatable bonds is 9.